The monoisotopic (exact) mass is 394 g/mol. The number of nitrogens with one attached hydrogen (secondary N) is 2. The van der Waals surface area contributed by atoms with Crippen molar-refractivity contribution in [3.05, 3.63) is 59.4 Å². The second kappa shape index (κ2) is 8.96. The smallest absolute Gasteiger partial charge is 0.244 e. The molecule has 1 atom stereocenters. The summed E-state index contributed by atoms with van der Waals surface area (Å²) in [6.45, 7) is 3.67. The Morgan fingerprint density at radius 2 is 1.93 bits per heavy atom. The number of hydrogen-bond acceptors (Lipinski definition) is 4. The maximum atomic E-state index is 13.7. The van der Waals surface area contributed by atoms with Crippen molar-refractivity contribution in [2.75, 3.05) is 13.7 Å². The van der Waals surface area contributed by atoms with Crippen molar-refractivity contribution < 1.29 is 22.3 Å². The van der Waals surface area contributed by atoms with Crippen LogP contribution in [0.3, 0.4) is 0 Å². The van der Waals surface area contributed by atoms with Gasteiger partial charge in [-0.05, 0) is 44.0 Å². The van der Waals surface area contributed by atoms with Gasteiger partial charge in [0.05, 0.1) is 13.2 Å². The van der Waals surface area contributed by atoms with Gasteiger partial charge in [-0.25, -0.2) is 12.8 Å². The van der Waals surface area contributed by atoms with Gasteiger partial charge in [-0.2, -0.15) is 4.72 Å². The number of ether oxygens (including phenoxy) is 1. The molecule has 0 radical (unpaired) electrons. The number of rotatable bonds is 8. The van der Waals surface area contributed by atoms with E-state index in [1.54, 1.807) is 7.11 Å². The minimum atomic E-state index is -4.13. The van der Waals surface area contributed by atoms with Crippen molar-refractivity contribution in [3.63, 3.8) is 0 Å². The summed E-state index contributed by atoms with van der Waals surface area (Å²) in [6, 6.07) is 9.71. The number of methoxy groups -OCH3 is 1. The van der Waals surface area contributed by atoms with E-state index in [1.807, 2.05) is 25.1 Å². The van der Waals surface area contributed by atoms with Crippen molar-refractivity contribution >= 4 is 15.9 Å². The first-order chi connectivity index (χ1) is 12.7. The van der Waals surface area contributed by atoms with Gasteiger partial charge < -0.3 is 10.1 Å². The van der Waals surface area contributed by atoms with Crippen molar-refractivity contribution in [3.8, 4) is 5.75 Å². The van der Waals surface area contributed by atoms with Gasteiger partial charge in [0.15, 0.2) is 0 Å². The molecule has 146 valence electrons. The van der Waals surface area contributed by atoms with Crippen LogP contribution in [0.5, 0.6) is 5.75 Å². The number of carbonyl (C=O) groups excluding carboxylic acids is 1. The van der Waals surface area contributed by atoms with Gasteiger partial charge in [-0.3, -0.25) is 4.79 Å². The van der Waals surface area contributed by atoms with Gasteiger partial charge >= 0.3 is 0 Å². The maximum Gasteiger partial charge on any atom is 0.244 e. The SMILES string of the molecule is COc1ccc(C)cc1CCNC(=O)C(C)NS(=O)(=O)c1ccccc1F. The third-order valence-corrected chi connectivity index (χ3v) is 5.55. The Kier molecular flexibility index (Phi) is 6.92. The molecule has 2 rings (SSSR count). The van der Waals surface area contributed by atoms with Crippen LogP contribution in [0, 0.1) is 12.7 Å². The molecule has 1 amide bonds. The molecule has 2 N–H and O–H groups in total. The standard InChI is InChI=1S/C19H23FN2O4S/c1-13-8-9-17(26-3)15(12-13)10-11-21-19(23)14(2)22-27(24,25)18-7-5-4-6-16(18)20/h4-9,12,14,22H,10-11H2,1-3H3,(H,21,23). The molecule has 0 saturated heterocycles. The Labute approximate surface area is 158 Å². The van der Waals surface area contributed by atoms with E-state index < -0.39 is 32.7 Å². The highest BCUT2D eigenvalue weighted by Crippen LogP contribution is 2.19. The summed E-state index contributed by atoms with van der Waals surface area (Å²) in [4.78, 5) is 11.7. The fraction of sp³-hybridized carbons (Fsp3) is 0.316. The minimum Gasteiger partial charge on any atom is -0.496 e. The third-order valence-electron chi connectivity index (χ3n) is 3.98. The third kappa shape index (κ3) is 5.51. The Morgan fingerprint density at radius 1 is 1.22 bits per heavy atom. The molecule has 0 heterocycles. The van der Waals surface area contributed by atoms with Crippen LogP contribution in [0.2, 0.25) is 0 Å². The highest BCUT2D eigenvalue weighted by molar-refractivity contribution is 7.89. The normalized spacial score (nSPS) is 12.4. The van der Waals surface area contributed by atoms with Crippen LogP contribution < -0.4 is 14.8 Å². The molecule has 0 aliphatic carbocycles. The zero-order chi connectivity index (χ0) is 20.0. The van der Waals surface area contributed by atoms with Crippen molar-refractivity contribution in [1.82, 2.24) is 10.0 Å². The molecule has 0 aliphatic heterocycles. The Morgan fingerprint density at radius 3 is 2.59 bits per heavy atom. The second-order valence-electron chi connectivity index (χ2n) is 6.13. The first-order valence-electron chi connectivity index (χ1n) is 8.42. The molecule has 0 saturated carbocycles. The van der Waals surface area contributed by atoms with Crippen LogP contribution in [0.15, 0.2) is 47.4 Å². The quantitative estimate of drug-likeness (QED) is 0.719. The fourth-order valence-corrected chi connectivity index (χ4v) is 3.87. The summed E-state index contributed by atoms with van der Waals surface area (Å²) < 4.78 is 45.7. The Hall–Kier alpha value is -2.45. The van der Waals surface area contributed by atoms with Crippen LogP contribution in [-0.4, -0.2) is 34.0 Å². The fourth-order valence-electron chi connectivity index (χ4n) is 2.59. The van der Waals surface area contributed by atoms with Crippen molar-refractivity contribution in [2.24, 2.45) is 0 Å². The number of benzene rings is 2. The number of amides is 1. The number of carbonyl (C=O) groups is 1. The number of aryl methyl sites for hydroxylation is 1. The number of sulfonamides is 1. The van der Waals surface area contributed by atoms with Gasteiger partial charge in [-0.1, -0.05) is 29.8 Å². The lowest BCUT2D eigenvalue weighted by atomic mass is 10.1. The van der Waals surface area contributed by atoms with Crippen LogP contribution in [0.4, 0.5) is 4.39 Å². The molecule has 2 aromatic carbocycles. The van der Waals surface area contributed by atoms with E-state index in [0.29, 0.717) is 13.0 Å². The predicted octanol–water partition coefficient (Wildman–Crippen LogP) is 2.17. The van der Waals surface area contributed by atoms with E-state index >= 15 is 0 Å². The minimum absolute atomic E-state index is 0.310. The average Bonchev–Trinajstić information content (AvgIpc) is 2.61. The number of halogens is 1. The van der Waals surface area contributed by atoms with Gasteiger partial charge in [0.25, 0.3) is 0 Å². The molecule has 1 unspecified atom stereocenters. The van der Waals surface area contributed by atoms with Gasteiger partial charge in [0.1, 0.15) is 16.5 Å². The zero-order valence-corrected chi connectivity index (χ0v) is 16.3. The molecule has 0 bridgehead atoms. The van der Waals surface area contributed by atoms with Crippen LogP contribution in [0.25, 0.3) is 0 Å². The summed E-state index contributed by atoms with van der Waals surface area (Å²) in [6.07, 6.45) is 0.531. The van der Waals surface area contributed by atoms with Crippen LogP contribution in [-0.2, 0) is 21.2 Å². The molecule has 0 aliphatic rings. The van der Waals surface area contributed by atoms with Gasteiger partial charge in [0.2, 0.25) is 15.9 Å². The molecule has 8 heteroatoms. The van der Waals surface area contributed by atoms with E-state index in [9.17, 15) is 17.6 Å². The summed E-state index contributed by atoms with van der Waals surface area (Å²) in [7, 11) is -2.56. The van der Waals surface area contributed by atoms with Gasteiger partial charge in [0, 0.05) is 6.54 Å². The molecular weight excluding hydrogens is 371 g/mol. The molecule has 0 aromatic heterocycles. The zero-order valence-electron chi connectivity index (χ0n) is 15.5. The van der Waals surface area contributed by atoms with Crippen molar-refractivity contribution in [1.29, 1.82) is 0 Å². The second-order valence-corrected chi connectivity index (χ2v) is 7.81. The van der Waals surface area contributed by atoms with Gasteiger partial charge in [-0.15, -0.1) is 0 Å². The predicted molar refractivity (Wildman–Crippen MR) is 101 cm³/mol. The lowest BCUT2D eigenvalue weighted by Crippen LogP contribution is -2.45. The Balaban J connectivity index is 1.95. The number of hydrogen-bond donors (Lipinski definition) is 2. The van der Waals surface area contributed by atoms with Crippen LogP contribution >= 0.6 is 0 Å². The van der Waals surface area contributed by atoms with Crippen molar-refractivity contribution in [2.45, 2.75) is 31.2 Å². The molecular formula is C19H23FN2O4S. The maximum absolute atomic E-state index is 13.7. The van der Waals surface area contributed by atoms with Crippen LogP contribution in [0.1, 0.15) is 18.1 Å². The highest BCUT2D eigenvalue weighted by atomic mass is 32.2. The van der Waals surface area contributed by atoms with E-state index in [-0.39, 0.29) is 0 Å². The van der Waals surface area contributed by atoms with E-state index in [1.165, 1.54) is 19.1 Å². The summed E-state index contributed by atoms with van der Waals surface area (Å²) >= 11 is 0. The highest BCUT2D eigenvalue weighted by Gasteiger charge is 2.24. The first kappa shape index (κ1) is 20.9. The summed E-state index contributed by atoms with van der Waals surface area (Å²) in [5.41, 5.74) is 2.01. The lowest BCUT2D eigenvalue weighted by molar-refractivity contribution is -0.122. The molecule has 0 spiro atoms. The molecule has 0 fully saturated rings. The lowest BCUT2D eigenvalue weighted by Gasteiger charge is -2.15. The van der Waals surface area contributed by atoms with E-state index in [0.717, 1.165) is 29.0 Å². The molecule has 6 nitrogen and oxygen atoms in total. The Bertz CT molecular complexity index is 916. The largest absolute Gasteiger partial charge is 0.496 e. The average molecular weight is 394 g/mol. The summed E-state index contributed by atoms with van der Waals surface area (Å²) in [5.74, 6) is -0.645. The van der Waals surface area contributed by atoms with E-state index in [2.05, 4.69) is 10.0 Å². The topological polar surface area (TPSA) is 84.5 Å². The molecule has 2 aromatic rings. The first-order valence-corrected chi connectivity index (χ1v) is 9.91. The summed E-state index contributed by atoms with van der Waals surface area (Å²) in [5, 5.41) is 2.68. The van der Waals surface area contributed by atoms with E-state index in [4.69, 9.17) is 4.74 Å². The molecule has 27 heavy (non-hydrogen) atoms.